The van der Waals surface area contributed by atoms with E-state index in [1.807, 2.05) is 25.1 Å². The number of ether oxygens (including phenoxy) is 2. The van der Waals surface area contributed by atoms with E-state index in [1.54, 1.807) is 25.6 Å². The van der Waals surface area contributed by atoms with E-state index in [1.165, 1.54) is 0 Å². The zero-order valence-electron chi connectivity index (χ0n) is 12.3. The Labute approximate surface area is 123 Å². The second kappa shape index (κ2) is 6.72. The Morgan fingerprint density at radius 1 is 1.25 bits per heavy atom. The van der Waals surface area contributed by atoms with Crippen LogP contribution in [0.15, 0.2) is 23.6 Å². The number of nitrogens with one attached hydrogen (secondary N) is 1. The standard InChI is InChI=1S/C15H20N2O2S/c1-5-16-15(12-9-20-10(2)17-12)11-6-7-13(18-3)14(8-11)19-4/h6-9,15-16H,5H2,1-4H3. The molecule has 0 aliphatic heterocycles. The number of hydrogen-bond acceptors (Lipinski definition) is 5. The summed E-state index contributed by atoms with van der Waals surface area (Å²) in [5, 5.41) is 6.63. The van der Waals surface area contributed by atoms with Gasteiger partial charge in [0, 0.05) is 5.38 Å². The van der Waals surface area contributed by atoms with Gasteiger partial charge in [0.25, 0.3) is 0 Å². The normalized spacial score (nSPS) is 12.2. The average Bonchev–Trinajstić information content (AvgIpc) is 2.90. The molecule has 2 rings (SSSR count). The molecule has 1 aromatic carbocycles. The first-order valence-electron chi connectivity index (χ1n) is 6.57. The molecule has 2 aromatic rings. The van der Waals surface area contributed by atoms with Gasteiger partial charge < -0.3 is 14.8 Å². The fourth-order valence-corrected chi connectivity index (χ4v) is 2.78. The fraction of sp³-hybridized carbons (Fsp3) is 0.400. The topological polar surface area (TPSA) is 43.4 Å². The molecule has 0 saturated carbocycles. The highest BCUT2D eigenvalue weighted by atomic mass is 32.1. The molecule has 0 saturated heterocycles. The Balaban J connectivity index is 2.39. The summed E-state index contributed by atoms with van der Waals surface area (Å²) in [4.78, 5) is 4.59. The van der Waals surface area contributed by atoms with Crippen LogP contribution in [0.4, 0.5) is 0 Å². The van der Waals surface area contributed by atoms with Crippen LogP contribution in [0.3, 0.4) is 0 Å². The summed E-state index contributed by atoms with van der Waals surface area (Å²) in [5.74, 6) is 1.47. The fourth-order valence-electron chi connectivity index (χ4n) is 2.14. The molecule has 0 amide bonds. The highest BCUT2D eigenvalue weighted by Crippen LogP contribution is 2.32. The average molecular weight is 292 g/mol. The predicted octanol–water partition coefficient (Wildman–Crippen LogP) is 3.17. The quantitative estimate of drug-likeness (QED) is 0.888. The summed E-state index contributed by atoms with van der Waals surface area (Å²) in [6.45, 7) is 4.98. The lowest BCUT2D eigenvalue weighted by atomic mass is 10.0. The molecule has 4 nitrogen and oxygen atoms in total. The smallest absolute Gasteiger partial charge is 0.161 e. The van der Waals surface area contributed by atoms with Crippen LogP contribution in [0.5, 0.6) is 11.5 Å². The van der Waals surface area contributed by atoms with Gasteiger partial charge in [0.2, 0.25) is 0 Å². The maximum Gasteiger partial charge on any atom is 0.161 e. The first-order chi connectivity index (χ1) is 9.69. The molecule has 108 valence electrons. The Kier molecular flexibility index (Phi) is 4.98. The van der Waals surface area contributed by atoms with Crippen LogP contribution in [0.25, 0.3) is 0 Å². The zero-order chi connectivity index (χ0) is 14.5. The number of methoxy groups -OCH3 is 2. The van der Waals surface area contributed by atoms with Crippen molar-refractivity contribution in [1.82, 2.24) is 10.3 Å². The number of aromatic nitrogens is 1. The van der Waals surface area contributed by atoms with Crippen LogP contribution in [-0.4, -0.2) is 25.7 Å². The minimum absolute atomic E-state index is 0.0738. The van der Waals surface area contributed by atoms with Gasteiger partial charge in [0.15, 0.2) is 11.5 Å². The van der Waals surface area contributed by atoms with Crippen molar-refractivity contribution in [3.05, 3.63) is 39.8 Å². The van der Waals surface area contributed by atoms with Crippen molar-refractivity contribution in [3.8, 4) is 11.5 Å². The van der Waals surface area contributed by atoms with Gasteiger partial charge in [-0.2, -0.15) is 0 Å². The van der Waals surface area contributed by atoms with Gasteiger partial charge in [0.05, 0.1) is 31.0 Å². The van der Waals surface area contributed by atoms with Gasteiger partial charge >= 0.3 is 0 Å². The molecule has 0 bridgehead atoms. The highest BCUT2D eigenvalue weighted by molar-refractivity contribution is 7.09. The van der Waals surface area contributed by atoms with E-state index in [0.717, 1.165) is 34.3 Å². The summed E-state index contributed by atoms with van der Waals surface area (Å²) in [7, 11) is 3.29. The number of thiazole rings is 1. The van der Waals surface area contributed by atoms with Crippen LogP contribution >= 0.6 is 11.3 Å². The SMILES string of the molecule is CCNC(c1ccc(OC)c(OC)c1)c1csc(C)n1. The van der Waals surface area contributed by atoms with Crippen molar-refractivity contribution in [2.24, 2.45) is 0 Å². The van der Waals surface area contributed by atoms with Crippen LogP contribution in [0.1, 0.15) is 29.2 Å². The number of rotatable bonds is 6. The van der Waals surface area contributed by atoms with E-state index >= 15 is 0 Å². The Hall–Kier alpha value is -1.59. The summed E-state index contributed by atoms with van der Waals surface area (Å²) in [6, 6.07) is 6.05. The molecule has 1 heterocycles. The number of hydrogen-bond donors (Lipinski definition) is 1. The van der Waals surface area contributed by atoms with Crippen molar-refractivity contribution in [3.63, 3.8) is 0 Å². The zero-order valence-corrected chi connectivity index (χ0v) is 13.1. The molecular weight excluding hydrogens is 272 g/mol. The highest BCUT2D eigenvalue weighted by Gasteiger charge is 2.17. The van der Waals surface area contributed by atoms with E-state index in [2.05, 4.69) is 22.6 Å². The van der Waals surface area contributed by atoms with E-state index in [0.29, 0.717) is 0 Å². The lowest BCUT2D eigenvalue weighted by Crippen LogP contribution is -2.22. The largest absolute Gasteiger partial charge is 0.493 e. The van der Waals surface area contributed by atoms with E-state index in [4.69, 9.17) is 9.47 Å². The molecular formula is C15H20N2O2S. The lowest BCUT2D eigenvalue weighted by Gasteiger charge is -2.18. The summed E-state index contributed by atoms with van der Waals surface area (Å²) < 4.78 is 10.7. The van der Waals surface area contributed by atoms with E-state index in [9.17, 15) is 0 Å². The predicted molar refractivity (Wildman–Crippen MR) is 81.9 cm³/mol. The Morgan fingerprint density at radius 3 is 2.55 bits per heavy atom. The monoisotopic (exact) mass is 292 g/mol. The summed E-state index contributed by atoms with van der Waals surface area (Å²) in [6.07, 6.45) is 0. The molecule has 1 aromatic heterocycles. The first-order valence-corrected chi connectivity index (χ1v) is 7.44. The van der Waals surface area contributed by atoms with Gasteiger partial charge in [-0.25, -0.2) is 4.98 Å². The number of aryl methyl sites for hydroxylation is 1. The van der Waals surface area contributed by atoms with Gasteiger partial charge in [-0.05, 0) is 31.2 Å². The van der Waals surface area contributed by atoms with Crippen molar-refractivity contribution in [1.29, 1.82) is 0 Å². The minimum atomic E-state index is 0.0738. The Morgan fingerprint density at radius 2 is 2.00 bits per heavy atom. The lowest BCUT2D eigenvalue weighted by molar-refractivity contribution is 0.354. The third kappa shape index (κ3) is 3.11. The van der Waals surface area contributed by atoms with Crippen molar-refractivity contribution < 1.29 is 9.47 Å². The van der Waals surface area contributed by atoms with Gasteiger partial charge in [-0.3, -0.25) is 0 Å². The molecule has 0 radical (unpaired) electrons. The molecule has 0 aliphatic rings. The first kappa shape index (κ1) is 14.8. The number of benzene rings is 1. The van der Waals surface area contributed by atoms with Crippen LogP contribution < -0.4 is 14.8 Å². The third-order valence-electron chi connectivity index (χ3n) is 3.08. The third-order valence-corrected chi connectivity index (χ3v) is 3.87. The van der Waals surface area contributed by atoms with E-state index in [-0.39, 0.29) is 6.04 Å². The molecule has 1 unspecified atom stereocenters. The van der Waals surface area contributed by atoms with E-state index < -0.39 is 0 Å². The second-order valence-electron chi connectivity index (χ2n) is 4.40. The van der Waals surface area contributed by atoms with Crippen LogP contribution in [0.2, 0.25) is 0 Å². The molecule has 1 N–H and O–H groups in total. The minimum Gasteiger partial charge on any atom is -0.493 e. The van der Waals surface area contributed by atoms with Crippen LogP contribution in [-0.2, 0) is 0 Å². The van der Waals surface area contributed by atoms with Crippen molar-refractivity contribution >= 4 is 11.3 Å². The van der Waals surface area contributed by atoms with Crippen molar-refractivity contribution in [2.45, 2.75) is 19.9 Å². The summed E-state index contributed by atoms with van der Waals surface area (Å²) in [5.41, 5.74) is 2.16. The van der Waals surface area contributed by atoms with Gasteiger partial charge in [-0.1, -0.05) is 13.0 Å². The van der Waals surface area contributed by atoms with Crippen LogP contribution in [0, 0.1) is 6.92 Å². The maximum atomic E-state index is 5.38. The molecule has 0 aliphatic carbocycles. The van der Waals surface area contributed by atoms with Crippen molar-refractivity contribution in [2.75, 3.05) is 20.8 Å². The molecule has 1 atom stereocenters. The molecule has 20 heavy (non-hydrogen) atoms. The van der Waals surface area contributed by atoms with Gasteiger partial charge in [-0.15, -0.1) is 11.3 Å². The maximum absolute atomic E-state index is 5.38. The number of nitrogens with zero attached hydrogens (tertiary/aromatic N) is 1. The Bertz CT molecular complexity index is 569. The van der Waals surface area contributed by atoms with Gasteiger partial charge in [0.1, 0.15) is 0 Å². The summed E-state index contributed by atoms with van der Waals surface area (Å²) >= 11 is 1.66. The molecule has 5 heteroatoms. The second-order valence-corrected chi connectivity index (χ2v) is 5.46. The molecule has 0 fully saturated rings. The molecule has 0 spiro atoms.